The van der Waals surface area contributed by atoms with Crippen molar-refractivity contribution in [1.29, 1.82) is 0 Å². The third-order valence-corrected chi connectivity index (χ3v) is 2.27. The fourth-order valence-corrected chi connectivity index (χ4v) is 1.39. The van der Waals surface area contributed by atoms with E-state index in [0.29, 0.717) is 0 Å². The van der Waals surface area contributed by atoms with Gasteiger partial charge in [-0.25, -0.2) is 0 Å². The first-order chi connectivity index (χ1) is 6.33. The minimum Gasteiger partial charge on any atom is -0.396 e. The molecule has 1 rings (SSSR count). The van der Waals surface area contributed by atoms with Gasteiger partial charge in [-0.3, -0.25) is 0 Å². The monoisotopic (exact) mass is 180 g/mol. The van der Waals surface area contributed by atoms with Gasteiger partial charge in [0.05, 0.1) is 0 Å². The molecule has 13 heavy (non-hydrogen) atoms. The van der Waals surface area contributed by atoms with Crippen LogP contribution in [0.2, 0.25) is 0 Å². The van der Waals surface area contributed by atoms with Gasteiger partial charge in [-0.1, -0.05) is 0 Å². The van der Waals surface area contributed by atoms with Gasteiger partial charge in [-0.05, 0) is 32.1 Å². The van der Waals surface area contributed by atoms with Gasteiger partial charge in [0.2, 0.25) is 0 Å². The van der Waals surface area contributed by atoms with Crippen molar-refractivity contribution in [3.63, 3.8) is 0 Å². The Balaban J connectivity index is 2.03. The topological polar surface area (TPSA) is 45.0 Å². The van der Waals surface area contributed by atoms with E-state index in [1.165, 1.54) is 0 Å². The van der Waals surface area contributed by atoms with Gasteiger partial charge in [0.1, 0.15) is 0 Å². The van der Waals surface area contributed by atoms with Crippen LogP contribution in [0, 0.1) is 12.3 Å². The molecule has 3 heteroatoms. The van der Waals surface area contributed by atoms with E-state index in [-0.39, 0.29) is 12.3 Å². The molecule has 0 aromatic rings. The van der Waals surface area contributed by atoms with E-state index in [1.807, 2.05) is 0 Å². The molecule has 0 amide bonds. The summed E-state index contributed by atoms with van der Waals surface area (Å²) in [5.74, 6) is 2.62. The van der Waals surface area contributed by atoms with E-state index in [1.54, 1.807) is 0 Å². The molecule has 0 saturated heterocycles. The summed E-state index contributed by atoms with van der Waals surface area (Å²) in [5.41, 5.74) is -0.128. The number of nitrogens with zero attached hydrogens (tertiary/aromatic N) is 2. The van der Waals surface area contributed by atoms with Crippen LogP contribution in [-0.4, -0.2) is 17.4 Å². The maximum atomic E-state index is 8.66. The van der Waals surface area contributed by atoms with E-state index in [4.69, 9.17) is 11.5 Å². The molecule has 0 saturated carbocycles. The van der Waals surface area contributed by atoms with Crippen molar-refractivity contribution in [1.82, 2.24) is 0 Å². The normalized spacial score (nSPS) is 16.9. The number of terminal acetylenes is 1. The zero-order valence-electron chi connectivity index (χ0n) is 7.87. The zero-order chi connectivity index (χ0) is 9.57. The Morgan fingerprint density at radius 1 is 1.15 bits per heavy atom. The predicted molar refractivity (Wildman–Crippen MR) is 51.2 cm³/mol. The molecule has 0 spiro atoms. The van der Waals surface area contributed by atoms with Gasteiger partial charge in [-0.2, -0.15) is 10.2 Å². The molecule has 0 fully saturated rings. The van der Waals surface area contributed by atoms with Gasteiger partial charge in [0, 0.05) is 13.0 Å². The molecule has 0 atom stereocenters. The van der Waals surface area contributed by atoms with E-state index in [9.17, 15) is 0 Å². The highest BCUT2D eigenvalue weighted by Gasteiger charge is 2.38. The summed E-state index contributed by atoms with van der Waals surface area (Å²) < 4.78 is 0. The Hall–Kier alpha value is -0.880. The van der Waals surface area contributed by atoms with E-state index < -0.39 is 0 Å². The fraction of sp³-hybridized carbons (Fsp3) is 0.800. The average molecular weight is 180 g/mol. The zero-order valence-corrected chi connectivity index (χ0v) is 7.87. The van der Waals surface area contributed by atoms with Gasteiger partial charge in [0.25, 0.3) is 0 Å². The second-order valence-electron chi connectivity index (χ2n) is 3.42. The number of hydrogen-bond donors (Lipinski definition) is 1. The number of aliphatic hydroxyl groups excluding tert-OH is 1. The summed E-state index contributed by atoms with van der Waals surface area (Å²) in [5, 5.41) is 16.7. The van der Waals surface area contributed by atoms with E-state index in [2.05, 4.69) is 16.1 Å². The number of aliphatic hydroxyl groups is 1. The Morgan fingerprint density at radius 3 is 2.38 bits per heavy atom. The molecular weight excluding hydrogens is 164 g/mol. The van der Waals surface area contributed by atoms with Crippen molar-refractivity contribution in [2.75, 3.05) is 6.61 Å². The smallest absolute Gasteiger partial charge is 0.191 e. The van der Waals surface area contributed by atoms with E-state index >= 15 is 0 Å². The van der Waals surface area contributed by atoms with Crippen molar-refractivity contribution in [2.45, 2.75) is 44.2 Å². The first-order valence-electron chi connectivity index (χ1n) is 4.81. The third kappa shape index (κ3) is 3.56. The van der Waals surface area contributed by atoms with Gasteiger partial charge in [-0.15, -0.1) is 12.3 Å². The molecule has 1 N–H and O–H groups in total. The molecule has 0 aromatic heterocycles. The summed E-state index contributed by atoms with van der Waals surface area (Å²) in [6.45, 7) is 0.233. The molecule has 0 radical (unpaired) electrons. The standard InChI is InChI=1S/C10H16N2O/c1-2-3-4-5-7-10(11-12-10)8-6-9-13/h1,13H,3-9H2. The molecule has 0 unspecified atom stereocenters. The summed E-state index contributed by atoms with van der Waals surface area (Å²) >= 11 is 0. The van der Waals surface area contributed by atoms with Crippen LogP contribution in [0.15, 0.2) is 10.2 Å². The Labute approximate surface area is 79.3 Å². The predicted octanol–water partition coefficient (Wildman–Crippen LogP) is 2.11. The average Bonchev–Trinajstić information content (AvgIpc) is 2.91. The number of unbranched alkanes of at least 4 members (excludes halogenated alkanes) is 2. The molecule has 0 aliphatic carbocycles. The van der Waals surface area contributed by atoms with Crippen LogP contribution in [0.25, 0.3) is 0 Å². The molecule has 3 nitrogen and oxygen atoms in total. The molecule has 1 aliphatic rings. The minimum atomic E-state index is -0.128. The molecule has 0 aromatic carbocycles. The van der Waals surface area contributed by atoms with Crippen molar-refractivity contribution in [3.05, 3.63) is 0 Å². The maximum Gasteiger partial charge on any atom is 0.191 e. The van der Waals surface area contributed by atoms with Crippen LogP contribution in [0.5, 0.6) is 0 Å². The van der Waals surface area contributed by atoms with Crippen LogP contribution in [0.1, 0.15) is 38.5 Å². The highest BCUT2D eigenvalue weighted by atomic mass is 16.2. The second-order valence-corrected chi connectivity index (χ2v) is 3.42. The Morgan fingerprint density at radius 2 is 1.85 bits per heavy atom. The van der Waals surface area contributed by atoms with Crippen LogP contribution < -0.4 is 0 Å². The van der Waals surface area contributed by atoms with Crippen molar-refractivity contribution in [2.24, 2.45) is 10.2 Å². The summed E-state index contributed by atoms with van der Waals surface area (Å²) in [4.78, 5) is 0. The maximum absolute atomic E-state index is 8.66. The first-order valence-corrected chi connectivity index (χ1v) is 4.81. The van der Waals surface area contributed by atoms with Gasteiger partial charge >= 0.3 is 0 Å². The fourth-order valence-electron chi connectivity index (χ4n) is 1.39. The lowest BCUT2D eigenvalue weighted by Crippen LogP contribution is -2.11. The van der Waals surface area contributed by atoms with Gasteiger partial charge in [0.15, 0.2) is 5.66 Å². The van der Waals surface area contributed by atoms with E-state index in [0.717, 1.165) is 38.5 Å². The second kappa shape index (κ2) is 4.98. The van der Waals surface area contributed by atoms with Crippen LogP contribution in [0.3, 0.4) is 0 Å². The molecule has 0 bridgehead atoms. The lowest BCUT2D eigenvalue weighted by molar-refractivity contribution is 0.272. The van der Waals surface area contributed by atoms with Crippen molar-refractivity contribution < 1.29 is 5.11 Å². The molecule has 1 aliphatic heterocycles. The summed E-state index contributed by atoms with van der Waals surface area (Å²) in [7, 11) is 0. The number of rotatable bonds is 7. The van der Waals surface area contributed by atoms with Crippen molar-refractivity contribution in [3.8, 4) is 12.3 Å². The van der Waals surface area contributed by atoms with Gasteiger partial charge < -0.3 is 5.11 Å². The Bertz CT molecular complexity index is 211. The quantitative estimate of drug-likeness (QED) is 0.473. The summed E-state index contributed by atoms with van der Waals surface area (Å²) in [6, 6.07) is 0. The van der Waals surface area contributed by atoms with Crippen LogP contribution in [-0.2, 0) is 0 Å². The van der Waals surface area contributed by atoms with Crippen LogP contribution in [0.4, 0.5) is 0 Å². The molecule has 72 valence electrons. The minimum absolute atomic E-state index is 0.128. The third-order valence-electron chi connectivity index (χ3n) is 2.27. The largest absolute Gasteiger partial charge is 0.396 e. The molecular formula is C10H16N2O. The van der Waals surface area contributed by atoms with Crippen molar-refractivity contribution >= 4 is 0 Å². The molecule has 1 heterocycles. The first kappa shape index (κ1) is 10.2. The lowest BCUT2D eigenvalue weighted by Gasteiger charge is -2.07. The number of hydrogen-bond acceptors (Lipinski definition) is 3. The Kier molecular flexibility index (Phi) is 3.91. The highest BCUT2D eigenvalue weighted by molar-refractivity contribution is 4.93. The highest BCUT2D eigenvalue weighted by Crippen LogP contribution is 2.37. The SMILES string of the molecule is C#CCCCCC1(CCCO)N=N1. The lowest BCUT2D eigenvalue weighted by atomic mass is 10.0. The van der Waals surface area contributed by atoms with Crippen LogP contribution >= 0.6 is 0 Å². The summed E-state index contributed by atoms with van der Waals surface area (Å²) in [6.07, 6.45) is 10.8.